The Kier molecular flexibility index (Phi) is 6.00. The van der Waals surface area contributed by atoms with Crippen molar-refractivity contribution in [1.82, 2.24) is 5.32 Å². The molecule has 0 saturated heterocycles. The molecule has 1 N–H and O–H groups in total. The Labute approximate surface area is 158 Å². The topological polar surface area (TPSA) is 55.4 Å². The molecule has 27 heavy (non-hydrogen) atoms. The highest BCUT2D eigenvalue weighted by Gasteiger charge is 2.18. The van der Waals surface area contributed by atoms with Gasteiger partial charge in [0.2, 0.25) is 0 Å². The summed E-state index contributed by atoms with van der Waals surface area (Å²) in [6, 6.07) is 26.2. The summed E-state index contributed by atoms with van der Waals surface area (Å²) in [7, 11) is 0. The van der Waals surface area contributed by atoms with Gasteiger partial charge in [-0.1, -0.05) is 78.4 Å². The molecule has 0 atom stereocenters. The smallest absolute Gasteiger partial charge is 0.338 e. The minimum absolute atomic E-state index is 0.308. The summed E-state index contributed by atoms with van der Waals surface area (Å²) in [6.45, 7) is 1.57. The second-order valence-corrected chi connectivity index (χ2v) is 6.27. The minimum Gasteiger partial charge on any atom is -0.452 e. The van der Waals surface area contributed by atoms with Crippen LogP contribution in [0, 0.1) is 6.92 Å². The first-order valence-corrected chi connectivity index (χ1v) is 8.76. The van der Waals surface area contributed by atoms with Crippen LogP contribution in [0.5, 0.6) is 0 Å². The van der Waals surface area contributed by atoms with Crippen LogP contribution in [0.4, 0.5) is 0 Å². The number of carbonyl (C=O) groups is 2. The molecule has 3 rings (SSSR count). The predicted molar refractivity (Wildman–Crippen MR) is 104 cm³/mol. The summed E-state index contributed by atoms with van der Waals surface area (Å²) in [5, 5.41) is 2.95. The number of amides is 1. The Bertz CT molecular complexity index is 868. The van der Waals surface area contributed by atoms with Crippen LogP contribution in [0.2, 0.25) is 0 Å². The van der Waals surface area contributed by atoms with E-state index in [1.807, 2.05) is 73.7 Å². The zero-order valence-electron chi connectivity index (χ0n) is 15.1. The average molecular weight is 359 g/mol. The van der Waals surface area contributed by atoms with Crippen LogP contribution in [0.15, 0.2) is 84.9 Å². The van der Waals surface area contributed by atoms with E-state index in [9.17, 15) is 9.59 Å². The fourth-order valence-corrected chi connectivity index (χ4v) is 2.84. The molecule has 4 nitrogen and oxygen atoms in total. The molecule has 4 heteroatoms. The van der Waals surface area contributed by atoms with Crippen molar-refractivity contribution in [3.8, 4) is 0 Å². The predicted octanol–water partition coefficient (Wildman–Crippen LogP) is 4.06. The van der Waals surface area contributed by atoms with Crippen LogP contribution in [0.1, 0.15) is 33.1 Å². The molecule has 0 aliphatic heterocycles. The molecule has 0 aliphatic rings. The van der Waals surface area contributed by atoms with Gasteiger partial charge in [0.15, 0.2) is 6.61 Å². The Balaban J connectivity index is 1.67. The van der Waals surface area contributed by atoms with Crippen molar-refractivity contribution >= 4 is 11.9 Å². The maximum absolute atomic E-state index is 12.4. The molecule has 0 heterocycles. The molecule has 1 amide bonds. The van der Waals surface area contributed by atoms with E-state index in [-0.39, 0.29) is 18.6 Å². The normalized spacial score (nSPS) is 10.4. The van der Waals surface area contributed by atoms with E-state index in [2.05, 4.69) is 5.32 Å². The van der Waals surface area contributed by atoms with E-state index in [1.165, 1.54) is 0 Å². The lowest BCUT2D eigenvalue weighted by Crippen LogP contribution is -2.33. The molecule has 0 aromatic heterocycles. The first-order valence-electron chi connectivity index (χ1n) is 8.76. The van der Waals surface area contributed by atoms with Gasteiger partial charge in [0.1, 0.15) is 0 Å². The molecule has 136 valence electrons. The summed E-state index contributed by atoms with van der Waals surface area (Å²) in [5.41, 5.74) is 3.32. The third-order valence-corrected chi connectivity index (χ3v) is 4.16. The van der Waals surface area contributed by atoms with Gasteiger partial charge < -0.3 is 10.1 Å². The Hall–Kier alpha value is -3.40. The Morgan fingerprint density at radius 3 is 2.00 bits per heavy atom. The molecule has 0 bridgehead atoms. The summed E-state index contributed by atoms with van der Waals surface area (Å²) < 4.78 is 5.17. The largest absolute Gasteiger partial charge is 0.452 e. The summed E-state index contributed by atoms with van der Waals surface area (Å²) in [6.07, 6.45) is 0. The van der Waals surface area contributed by atoms with E-state index < -0.39 is 5.97 Å². The second kappa shape index (κ2) is 8.81. The van der Waals surface area contributed by atoms with Crippen LogP contribution in [-0.4, -0.2) is 18.5 Å². The van der Waals surface area contributed by atoms with Crippen LogP contribution < -0.4 is 5.32 Å². The van der Waals surface area contributed by atoms with E-state index in [4.69, 9.17) is 4.74 Å². The van der Waals surface area contributed by atoms with Gasteiger partial charge in [0.25, 0.3) is 5.91 Å². The average Bonchev–Trinajstić information content (AvgIpc) is 2.71. The summed E-state index contributed by atoms with van der Waals surface area (Å²) in [5.74, 6) is -0.862. The number of carbonyl (C=O) groups excluding carboxylic acids is 2. The molecular formula is C23H21NO3. The van der Waals surface area contributed by atoms with Crippen LogP contribution in [0.3, 0.4) is 0 Å². The number of rotatable bonds is 6. The Morgan fingerprint density at radius 1 is 0.852 bits per heavy atom. The molecule has 0 saturated carbocycles. The zero-order valence-corrected chi connectivity index (χ0v) is 15.1. The lowest BCUT2D eigenvalue weighted by Gasteiger charge is -2.20. The van der Waals surface area contributed by atoms with Gasteiger partial charge >= 0.3 is 5.97 Å². The minimum atomic E-state index is -0.509. The quantitative estimate of drug-likeness (QED) is 0.675. The molecular weight excluding hydrogens is 338 g/mol. The van der Waals surface area contributed by atoms with Gasteiger partial charge in [-0.25, -0.2) is 4.79 Å². The molecule has 3 aromatic rings. The highest BCUT2D eigenvalue weighted by Crippen LogP contribution is 2.21. The molecule has 3 aromatic carbocycles. The second-order valence-electron chi connectivity index (χ2n) is 6.27. The number of hydrogen-bond acceptors (Lipinski definition) is 3. The van der Waals surface area contributed by atoms with Crippen molar-refractivity contribution in [2.75, 3.05) is 6.61 Å². The lowest BCUT2D eigenvalue weighted by molar-refractivity contribution is -0.124. The molecule has 0 fully saturated rings. The van der Waals surface area contributed by atoms with Crippen LogP contribution in [-0.2, 0) is 9.53 Å². The van der Waals surface area contributed by atoms with Crippen LogP contribution in [0.25, 0.3) is 0 Å². The van der Waals surface area contributed by atoms with E-state index >= 15 is 0 Å². The lowest BCUT2D eigenvalue weighted by atomic mass is 9.99. The van der Waals surface area contributed by atoms with E-state index in [0.717, 1.165) is 16.7 Å². The molecule has 0 unspecified atom stereocenters. The van der Waals surface area contributed by atoms with Crippen molar-refractivity contribution < 1.29 is 14.3 Å². The van der Waals surface area contributed by atoms with Crippen LogP contribution >= 0.6 is 0 Å². The molecule has 0 aliphatic carbocycles. The third-order valence-electron chi connectivity index (χ3n) is 4.16. The number of ether oxygens (including phenoxy) is 1. The number of hydrogen-bond donors (Lipinski definition) is 1. The number of esters is 1. The Morgan fingerprint density at radius 2 is 1.44 bits per heavy atom. The van der Waals surface area contributed by atoms with Crippen molar-refractivity contribution in [2.45, 2.75) is 13.0 Å². The number of aryl methyl sites for hydroxylation is 1. The van der Waals surface area contributed by atoms with Gasteiger partial charge in [0, 0.05) is 0 Å². The van der Waals surface area contributed by atoms with Crippen molar-refractivity contribution in [3.05, 3.63) is 107 Å². The molecule has 0 radical (unpaired) electrons. The highest BCUT2D eigenvalue weighted by molar-refractivity contribution is 5.91. The zero-order chi connectivity index (χ0) is 19.1. The maximum atomic E-state index is 12.4. The number of nitrogens with one attached hydrogen (secondary N) is 1. The van der Waals surface area contributed by atoms with Crippen molar-refractivity contribution in [2.24, 2.45) is 0 Å². The number of benzene rings is 3. The van der Waals surface area contributed by atoms with Gasteiger partial charge in [-0.2, -0.15) is 0 Å². The SMILES string of the molecule is Cc1cccc(C(=O)OCC(=O)NC(c2ccccc2)c2ccccc2)c1. The van der Waals surface area contributed by atoms with E-state index in [0.29, 0.717) is 5.56 Å². The van der Waals surface area contributed by atoms with Gasteiger partial charge in [-0.3, -0.25) is 4.79 Å². The summed E-state index contributed by atoms with van der Waals surface area (Å²) >= 11 is 0. The molecule has 0 spiro atoms. The summed E-state index contributed by atoms with van der Waals surface area (Å²) in [4.78, 5) is 24.5. The first-order chi connectivity index (χ1) is 13.1. The van der Waals surface area contributed by atoms with Crippen molar-refractivity contribution in [3.63, 3.8) is 0 Å². The monoisotopic (exact) mass is 359 g/mol. The standard InChI is InChI=1S/C23H21NO3/c1-17-9-8-14-20(15-17)23(26)27-16-21(25)24-22(18-10-4-2-5-11-18)19-12-6-3-7-13-19/h2-15,22H,16H2,1H3,(H,24,25). The highest BCUT2D eigenvalue weighted by atomic mass is 16.5. The van der Waals surface area contributed by atoms with Gasteiger partial charge in [0.05, 0.1) is 11.6 Å². The van der Waals surface area contributed by atoms with Gasteiger partial charge in [-0.05, 0) is 30.2 Å². The third kappa shape index (κ3) is 5.05. The fraction of sp³-hybridized carbons (Fsp3) is 0.130. The van der Waals surface area contributed by atoms with Gasteiger partial charge in [-0.15, -0.1) is 0 Å². The fourth-order valence-electron chi connectivity index (χ4n) is 2.84. The maximum Gasteiger partial charge on any atom is 0.338 e. The van der Waals surface area contributed by atoms with Crippen molar-refractivity contribution in [1.29, 1.82) is 0 Å². The van der Waals surface area contributed by atoms with E-state index in [1.54, 1.807) is 18.2 Å². The first kappa shape index (κ1) is 18.4.